The van der Waals surface area contributed by atoms with Gasteiger partial charge in [0.2, 0.25) is 0 Å². The van der Waals surface area contributed by atoms with E-state index in [9.17, 15) is 10.1 Å². The zero-order valence-corrected chi connectivity index (χ0v) is 11.4. The summed E-state index contributed by atoms with van der Waals surface area (Å²) in [5.74, 6) is 0.162. The fourth-order valence-electron chi connectivity index (χ4n) is 2.21. The van der Waals surface area contributed by atoms with Gasteiger partial charge in [-0.25, -0.2) is 4.98 Å². The van der Waals surface area contributed by atoms with Crippen LogP contribution in [-0.4, -0.2) is 10.1 Å². The van der Waals surface area contributed by atoms with E-state index in [0.717, 1.165) is 16.5 Å². The average Bonchev–Trinajstić information content (AvgIpc) is 2.46. The number of hydrogen-bond acceptors (Lipinski definition) is 4. The van der Waals surface area contributed by atoms with Crippen molar-refractivity contribution in [3.8, 4) is 16.9 Å². The summed E-state index contributed by atoms with van der Waals surface area (Å²) in [5.41, 5.74) is 2.05. The zero-order chi connectivity index (χ0) is 14.8. The van der Waals surface area contributed by atoms with E-state index in [1.54, 1.807) is 30.3 Å². The summed E-state index contributed by atoms with van der Waals surface area (Å²) in [6.07, 6.45) is 0. The van der Waals surface area contributed by atoms with Crippen LogP contribution in [0.25, 0.3) is 22.0 Å². The van der Waals surface area contributed by atoms with Gasteiger partial charge in [0.25, 0.3) is 5.09 Å². The lowest BCUT2D eigenvalue weighted by Gasteiger charge is -2.10. The first kappa shape index (κ1) is 13.3. The summed E-state index contributed by atoms with van der Waals surface area (Å²) in [6.45, 7) is 0. The van der Waals surface area contributed by atoms with E-state index in [1.807, 2.05) is 24.3 Å². The molecule has 0 N–H and O–H groups in total. The smallest absolute Gasteiger partial charge is 0.276 e. The predicted molar refractivity (Wildman–Crippen MR) is 79.8 cm³/mol. The van der Waals surface area contributed by atoms with Gasteiger partial charge < -0.3 is 0 Å². The van der Waals surface area contributed by atoms with E-state index in [0.29, 0.717) is 10.7 Å². The number of hydrogen-bond donors (Lipinski definition) is 0. The van der Waals surface area contributed by atoms with Crippen LogP contribution < -0.4 is 4.84 Å². The number of halogens is 1. The molecule has 1 aromatic heterocycles. The highest BCUT2D eigenvalue weighted by molar-refractivity contribution is 6.30. The molecule has 0 unspecified atom stereocenters. The first-order valence-electron chi connectivity index (χ1n) is 6.12. The Morgan fingerprint density at radius 1 is 1.05 bits per heavy atom. The molecule has 2 aromatic carbocycles. The quantitative estimate of drug-likeness (QED) is 0.414. The van der Waals surface area contributed by atoms with Crippen molar-refractivity contribution in [2.45, 2.75) is 0 Å². The molecule has 0 aliphatic heterocycles. The van der Waals surface area contributed by atoms with Crippen molar-refractivity contribution in [1.82, 2.24) is 4.98 Å². The fourth-order valence-corrected chi connectivity index (χ4v) is 2.42. The van der Waals surface area contributed by atoms with Crippen LogP contribution in [0.1, 0.15) is 0 Å². The number of pyridine rings is 1. The van der Waals surface area contributed by atoms with Crippen LogP contribution in [0.15, 0.2) is 54.6 Å². The molecule has 0 radical (unpaired) electrons. The minimum absolute atomic E-state index is 0.162. The summed E-state index contributed by atoms with van der Waals surface area (Å²) in [4.78, 5) is 19.5. The van der Waals surface area contributed by atoms with Crippen molar-refractivity contribution < 1.29 is 9.92 Å². The van der Waals surface area contributed by atoms with Crippen LogP contribution in [0.2, 0.25) is 5.15 Å². The molecule has 5 nitrogen and oxygen atoms in total. The fraction of sp³-hybridized carbons (Fsp3) is 0. The van der Waals surface area contributed by atoms with Crippen molar-refractivity contribution >= 4 is 22.5 Å². The van der Waals surface area contributed by atoms with Gasteiger partial charge in [0, 0.05) is 10.9 Å². The van der Waals surface area contributed by atoms with Crippen LogP contribution in [0.3, 0.4) is 0 Å². The third kappa shape index (κ3) is 2.64. The van der Waals surface area contributed by atoms with Gasteiger partial charge in [-0.3, -0.25) is 4.84 Å². The minimum Gasteiger partial charge on any atom is -0.276 e. The molecule has 0 amide bonds. The zero-order valence-electron chi connectivity index (χ0n) is 10.7. The second-order valence-electron chi connectivity index (χ2n) is 4.32. The summed E-state index contributed by atoms with van der Waals surface area (Å²) in [6, 6.07) is 15.9. The van der Waals surface area contributed by atoms with Crippen molar-refractivity contribution in [2.75, 3.05) is 0 Å². The lowest BCUT2D eigenvalue weighted by atomic mass is 10.0. The maximum atomic E-state index is 10.6. The Morgan fingerprint density at radius 3 is 2.57 bits per heavy atom. The molecule has 0 fully saturated rings. The number of fused-ring (bicyclic) bond motifs is 1. The summed E-state index contributed by atoms with van der Waals surface area (Å²) in [7, 11) is 0. The largest absolute Gasteiger partial charge is 0.299 e. The lowest BCUT2D eigenvalue weighted by molar-refractivity contribution is -0.710. The summed E-state index contributed by atoms with van der Waals surface area (Å²) >= 11 is 6.05. The Morgan fingerprint density at radius 2 is 1.76 bits per heavy atom. The lowest BCUT2D eigenvalue weighted by Crippen LogP contribution is -2.04. The van der Waals surface area contributed by atoms with Crippen molar-refractivity contribution in [2.24, 2.45) is 0 Å². The molecule has 0 spiro atoms. The van der Waals surface area contributed by atoms with E-state index >= 15 is 0 Å². The van der Waals surface area contributed by atoms with Gasteiger partial charge in [0.05, 0.1) is 5.52 Å². The van der Waals surface area contributed by atoms with Crippen LogP contribution >= 0.6 is 11.6 Å². The van der Waals surface area contributed by atoms with E-state index < -0.39 is 5.09 Å². The molecule has 0 saturated carbocycles. The van der Waals surface area contributed by atoms with Crippen molar-refractivity contribution in [3.05, 3.63) is 69.9 Å². The number of aromatic nitrogens is 1. The van der Waals surface area contributed by atoms with E-state index in [-0.39, 0.29) is 5.75 Å². The predicted octanol–water partition coefficient (Wildman–Crippen LogP) is 4.13. The molecule has 0 bridgehead atoms. The van der Waals surface area contributed by atoms with Crippen LogP contribution in [0, 0.1) is 10.1 Å². The topological polar surface area (TPSA) is 65.3 Å². The molecule has 21 heavy (non-hydrogen) atoms. The van der Waals surface area contributed by atoms with Gasteiger partial charge >= 0.3 is 0 Å². The number of rotatable bonds is 3. The Labute approximate surface area is 124 Å². The molecule has 3 aromatic rings. The first-order chi connectivity index (χ1) is 10.1. The van der Waals surface area contributed by atoms with Gasteiger partial charge in [-0.15, -0.1) is 10.1 Å². The van der Waals surface area contributed by atoms with Gasteiger partial charge in [-0.1, -0.05) is 48.0 Å². The Hall–Kier alpha value is -2.66. The number of nitrogens with zero attached hydrogens (tertiary/aromatic N) is 2. The van der Waals surface area contributed by atoms with Crippen molar-refractivity contribution in [3.63, 3.8) is 0 Å². The van der Waals surface area contributed by atoms with Gasteiger partial charge in [-0.05, 0) is 23.8 Å². The normalized spacial score (nSPS) is 10.5. The molecule has 6 heteroatoms. The van der Waals surface area contributed by atoms with E-state index in [4.69, 9.17) is 11.6 Å². The molecular formula is C15H9ClN2O3. The highest BCUT2D eigenvalue weighted by Crippen LogP contribution is 2.35. The molecule has 0 saturated heterocycles. The summed E-state index contributed by atoms with van der Waals surface area (Å²) < 4.78 is 0. The standard InChI is InChI=1S/C15H9ClN2O3/c16-15-9-12(10-5-1-3-7-13(10)17-15)11-6-2-4-8-14(11)21-18(19)20/h1-9H. The summed E-state index contributed by atoms with van der Waals surface area (Å²) in [5, 5.41) is 11.0. The van der Waals surface area contributed by atoms with Gasteiger partial charge in [0.15, 0.2) is 0 Å². The van der Waals surface area contributed by atoms with Crippen LogP contribution in [0.4, 0.5) is 0 Å². The average molecular weight is 301 g/mol. The van der Waals surface area contributed by atoms with Crippen LogP contribution in [-0.2, 0) is 0 Å². The Balaban J connectivity index is 2.28. The second kappa shape index (κ2) is 5.38. The second-order valence-corrected chi connectivity index (χ2v) is 4.71. The SMILES string of the molecule is O=[N+]([O-])Oc1ccccc1-c1cc(Cl)nc2ccccc12. The first-order valence-corrected chi connectivity index (χ1v) is 6.50. The van der Waals surface area contributed by atoms with Gasteiger partial charge in [-0.2, -0.15) is 0 Å². The minimum atomic E-state index is -0.830. The van der Waals surface area contributed by atoms with Gasteiger partial charge in [0.1, 0.15) is 10.9 Å². The highest BCUT2D eigenvalue weighted by Gasteiger charge is 2.12. The monoisotopic (exact) mass is 300 g/mol. The third-order valence-electron chi connectivity index (χ3n) is 3.04. The molecule has 0 aliphatic carbocycles. The molecule has 0 atom stereocenters. The molecule has 0 aliphatic rings. The molecule has 1 heterocycles. The Bertz CT molecular complexity index is 836. The number of para-hydroxylation sites is 2. The maximum Gasteiger partial charge on any atom is 0.299 e. The van der Waals surface area contributed by atoms with E-state index in [2.05, 4.69) is 9.82 Å². The third-order valence-corrected chi connectivity index (χ3v) is 3.23. The van der Waals surface area contributed by atoms with Crippen molar-refractivity contribution in [1.29, 1.82) is 0 Å². The van der Waals surface area contributed by atoms with E-state index in [1.165, 1.54) is 0 Å². The highest BCUT2D eigenvalue weighted by atomic mass is 35.5. The van der Waals surface area contributed by atoms with Crippen LogP contribution in [0.5, 0.6) is 5.75 Å². The molecule has 3 rings (SSSR count). The number of benzene rings is 2. The maximum absolute atomic E-state index is 10.6. The molecule has 104 valence electrons. The Kier molecular flexibility index (Phi) is 3.41. The molecular weight excluding hydrogens is 292 g/mol.